The second-order valence-corrected chi connectivity index (χ2v) is 24.3. The summed E-state index contributed by atoms with van der Waals surface area (Å²) in [5.41, 5.74) is 22.2. The number of rotatable bonds is 8. The van der Waals surface area contributed by atoms with Gasteiger partial charge in [-0.25, -0.2) is 0 Å². The van der Waals surface area contributed by atoms with E-state index in [0.717, 1.165) is 72.9 Å². The average molecular weight is 1090 g/mol. The van der Waals surface area contributed by atoms with Crippen LogP contribution in [0.3, 0.4) is 0 Å². The number of nitrogens with zero attached hydrogens (tertiary/aromatic N) is 3. The molecule has 0 saturated carbocycles. The van der Waals surface area contributed by atoms with Gasteiger partial charge in [-0.1, -0.05) is 222 Å². The van der Waals surface area contributed by atoms with E-state index in [4.69, 9.17) is 4.42 Å². The van der Waals surface area contributed by atoms with Crippen LogP contribution in [-0.2, 0) is 0 Å². The maximum Gasteiger partial charge on any atom is 0.249 e. The largest absolute Gasteiger partial charge is 0.455 e. The first-order valence-electron chi connectivity index (χ1n) is 27.5. The highest BCUT2D eigenvalue weighted by molar-refractivity contribution is 8.01. The Kier molecular flexibility index (Phi) is 10.9. The maximum absolute atomic E-state index is 6.81. The standard InChI is InChI=1S/C72H45B2N3OS3/c1-5-22-46(23-6-1)75(47-24-7-2-8-25-47)50-40-62-70-67(41-50)80-65-45-66-59(74-57-35-16-20-39-64(57)79-68-42-51(43-69(81-66)71(68)74)76(48-26-9-3-10-27-48)49-28-11-4-12-29-49)44-58(65)73(70)56-34-15-18-37-61(56)77(62)60-36-17-13-30-52(60)54-32-21-33-55-53-31-14-19-38-63(53)78-72(54)55/h1-45H. The second-order valence-electron chi connectivity index (χ2n) is 21.1. The van der Waals surface area contributed by atoms with Crippen molar-refractivity contribution < 1.29 is 4.42 Å². The van der Waals surface area contributed by atoms with E-state index in [1.54, 1.807) is 0 Å². The van der Waals surface area contributed by atoms with Crippen LogP contribution in [0.1, 0.15) is 0 Å². The summed E-state index contributed by atoms with van der Waals surface area (Å²) in [5.74, 6) is 0. The number of para-hydroxylation sites is 8. The molecule has 4 nitrogen and oxygen atoms in total. The Morgan fingerprint density at radius 2 is 0.765 bits per heavy atom. The van der Waals surface area contributed by atoms with E-state index in [-0.39, 0.29) is 13.4 Å². The molecule has 0 amide bonds. The lowest BCUT2D eigenvalue weighted by molar-refractivity contribution is 0.670. The Bertz CT molecular complexity index is 4590. The van der Waals surface area contributed by atoms with Gasteiger partial charge in [-0.15, -0.1) is 0 Å². The summed E-state index contributed by atoms with van der Waals surface area (Å²) in [6.07, 6.45) is 0. The van der Waals surface area contributed by atoms with Gasteiger partial charge in [-0.05, 0) is 120 Å². The molecule has 0 unspecified atom stereocenters. The van der Waals surface area contributed by atoms with Gasteiger partial charge in [0.1, 0.15) is 11.2 Å². The summed E-state index contributed by atoms with van der Waals surface area (Å²) in [4.78, 5) is 15.2. The monoisotopic (exact) mass is 1090 g/mol. The van der Waals surface area contributed by atoms with Crippen molar-refractivity contribution in [2.45, 2.75) is 29.4 Å². The van der Waals surface area contributed by atoms with Crippen LogP contribution in [-0.4, -0.2) is 13.4 Å². The summed E-state index contributed by atoms with van der Waals surface area (Å²) in [7, 11) is 0. The number of benzene rings is 12. The number of hydrogen-bond acceptors (Lipinski definition) is 7. The summed E-state index contributed by atoms with van der Waals surface area (Å²) in [6.45, 7) is 0.0179. The molecule has 0 N–H and O–H groups in total. The van der Waals surface area contributed by atoms with Crippen molar-refractivity contribution in [2.24, 2.45) is 0 Å². The van der Waals surface area contributed by atoms with Crippen molar-refractivity contribution in [3.63, 3.8) is 0 Å². The molecule has 378 valence electrons. The first-order chi connectivity index (χ1) is 40.2. The quantitative estimate of drug-likeness (QED) is 0.140. The SMILES string of the molecule is c1ccc(N(c2ccccc2)c2cc3c4c(c2)Sc2cc5c(cc2B4c2ccccc2S3)B2c3ccccc3N(c3ccccc3-c3cccc4c3oc3ccccc34)c3cc(N(c4ccccc4)c4ccccc4)cc(c32)S5)cc1. The van der Waals surface area contributed by atoms with Crippen LogP contribution in [0, 0.1) is 0 Å². The molecule has 12 aromatic carbocycles. The van der Waals surface area contributed by atoms with Crippen molar-refractivity contribution >= 4 is 155 Å². The molecule has 13 aromatic rings. The summed E-state index contributed by atoms with van der Waals surface area (Å²) in [6, 6.07) is 100. The fourth-order valence-electron chi connectivity index (χ4n) is 13.2. The Labute approximate surface area is 483 Å². The minimum Gasteiger partial charge on any atom is -0.455 e. The third-order valence-electron chi connectivity index (χ3n) is 16.6. The van der Waals surface area contributed by atoms with Crippen LogP contribution in [0.5, 0.6) is 0 Å². The van der Waals surface area contributed by atoms with E-state index in [1.165, 1.54) is 73.5 Å². The minimum atomic E-state index is -0.0438. The van der Waals surface area contributed by atoms with Gasteiger partial charge < -0.3 is 19.1 Å². The van der Waals surface area contributed by atoms with Gasteiger partial charge in [0.2, 0.25) is 13.4 Å². The third kappa shape index (κ3) is 7.46. The molecule has 0 fully saturated rings. The highest BCUT2D eigenvalue weighted by Gasteiger charge is 2.45. The topological polar surface area (TPSA) is 22.9 Å². The molecule has 0 atom stereocenters. The van der Waals surface area contributed by atoms with Crippen molar-refractivity contribution in [1.29, 1.82) is 0 Å². The van der Waals surface area contributed by atoms with Gasteiger partial charge in [0, 0.05) is 96.8 Å². The van der Waals surface area contributed by atoms with Crippen molar-refractivity contribution in [3.05, 3.63) is 273 Å². The van der Waals surface area contributed by atoms with Crippen LogP contribution in [0.4, 0.5) is 51.2 Å². The van der Waals surface area contributed by atoms with Crippen LogP contribution in [0.15, 0.2) is 307 Å². The smallest absolute Gasteiger partial charge is 0.249 e. The van der Waals surface area contributed by atoms with Gasteiger partial charge in [0.15, 0.2) is 0 Å². The van der Waals surface area contributed by atoms with E-state index in [1.807, 2.05) is 35.3 Å². The lowest BCUT2D eigenvalue weighted by Gasteiger charge is -2.42. The first-order valence-corrected chi connectivity index (χ1v) is 30.0. The van der Waals surface area contributed by atoms with Gasteiger partial charge in [0.05, 0.1) is 5.69 Å². The molecular formula is C72H45B2N3OS3. The molecule has 9 heteroatoms. The zero-order valence-electron chi connectivity index (χ0n) is 43.6. The lowest BCUT2D eigenvalue weighted by Crippen LogP contribution is -2.63. The number of fused-ring (bicyclic) bond motifs is 11. The highest BCUT2D eigenvalue weighted by Crippen LogP contribution is 2.51. The summed E-state index contributed by atoms with van der Waals surface area (Å²) >= 11 is 5.77. The van der Waals surface area contributed by atoms with E-state index in [2.05, 4.69) is 288 Å². The number of furan rings is 1. The Hall–Kier alpha value is -8.98. The van der Waals surface area contributed by atoms with Gasteiger partial charge in [-0.3, -0.25) is 0 Å². The Morgan fingerprint density at radius 3 is 1.41 bits per heavy atom. The van der Waals surface area contributed by atoms with Crippen molar-refractivity contribution in [3.8, 4) is 11.1 Å². The summed E-state index contributed by atoms with van der Waals surface area (Å²) < 4.78 is 6.81. The number of anilines is 9. The molecule has 0 spiro atoms. The molecular weight excluding hydrogens is 1040 g/mol. The van der Waals surface area contributed by atoms with Crippen molar-refractivity contribution in [2.75, 3.05) is 14.7 Å². The van der Waals surface area contributed by atoms with E-state index in [9.17, 15) is 0 Å². The van der Waals surface area contributed by atoms with Gasteiger partial charge >= 0.3 is 0 Å². The predicted octanol–water partition coefficient (Wildman–Crippen LogP) is 16.4. The fraction of sp³-hybridized carbons (Fsp3) is 0. The van der Waals surface area contributed by atoms with Crippen LogP contribution < -0.4 is 47.5 Å². The zero-order chi connectivity index (χ0) is 53.1. The third-order valence-corrected chi connectivity index (χ3v) is 20.0. The van der Waals surface area contributed by atoms with Crippen LogP contribution >= 0.6 is 35.3 Å². The predicted molar refractivity (Wildman–Crippen MR) is 344 cm³/mol. The second kappa shape index (κ2) is 18.8. The normalized spacial score (nSPS) is 13.2. The van der Waals surface area contributed by atoms with Crippen LogP contribution in [0.25, 0.3) is 33.1 Å². The lowest BCUT2D eigenvalue weighted by atomic mass is 9.32. The molecule has 5 heterocycles. The zero-order valence-corrected chi connectivity index (χ0v) is 46.1. The van der Waals surface area contributed by atoms with Crippen molar-refractivity contribution in [1.82, 2.24) is 0 Å². The Balaban J connectivity index is 0.890. The highest BCUT2D eigenvalue weighted by atomic mass is 32.2. The molecule has 4 aliphatic heterocycles. The van der Waals surface area contributed by atoms with Gasteiger partial charge in [0.25, 0.3) is 0 Å². The summed E-state index contributed by atoms with van der Waals surface area (Å²) in [5, 5.41) is 2.23. The molecule has 0 bridgehead atoms. The molecule has 0 radical (unpaired) electrons. The van der Waals surface area contributed by atoms with E-state index >= 15 is 0 Å². The first kappa shape index (κ1) is 46.9. The molecule has 17 rings (SSSR count). The minimum absolute atomic E-state index is 0.0438. The molecule has 1 aromatic heterocycles. The van der Waals surface area contributed by atoms with E-state index in [0.29, 0.717) is 0 Å². The maximum atomic E-state index is 6.81. The molecule has 81 heavy (non-hydrogen) atoms. The Morgan fingerprint density at radius 1 is 0.296 bits per heavy atom. The van der Waals surface area contributed by atoms with Gasteiger partial charge in [-0.2, -0.15) is 0 Å². The van der Waals surface area contributed by atoms with Crippen LogP contribution in [0.2, 0.25) is 0 Å². The number of hydrogen-bond donors (Lipinski definition) is 0. The molecule has 0 aliphatic carbocycles. The van der Waals surface area contributed by atoms with E-state index < -0.39 is 0 Å². The fourth-order valence-corrected chi connectivity index (χ4v) is 17.0. The molecule has 4 aliphatic rings. The average Bonchev–Trinajstić information content (AvgIpc) is 4.05. The molecule has 0 saturated heterocycles.